The van der Waals surface area contributed by atoms with E-state index in [4.69, 9.17) is 11.6 Å². The summed E-state index contributed by atoms with van der Waals surface area (Å²) < 4.78 is 13.3. The zero-order valence-corrected chi connectivity index (χ0v) is 16.6. The summed E-state index contributed by atoms with van der Waals surface area (Å²) in [5, 5.41) is 2.86. The zero-order chi connectivity index (χ0) is 19.9. The molecule has 2 heterocycles. The summed E-state index contributed by atoms with van der Waals surface area (Å²) in [6, 6.07) is 12.9. The predicted molar refractivity (Wildman–Crippen MR) is 110 cm³/mol. The maximum Gasteiger partial charge on any atom is 0.251 e. The molecule has 1 aliphatic heterocycles. The van der Waals surface area contributed by atoms with Crippen LogP contribution >= 0.6 is 11.6 Å². The van der Waals surface area contributed by atoms with E-state index < -0.39 is 5.95 Å². The lowest BCUT2D eigenvalue weighted by Crippen LogP contribution is -2.38. The zero-order valence-electron chi connectivity index (χ0n) is 15.8. The van der Waals surface area contributed by atoms with Gasteiger partial charge in [-0.05, 0) is 43.2 Å². The smallest absolute Gasteiger partial charge is 0.251 e. The Bertz CT molecular complexity index is 800. The largest absolute Gasteiger partial charge is 0.375 e. The van der Waals surface area contributed by atoms with Crippen LogP contribution in [0.25, 0.3) is 0 Å². The van der Waals surface area contributed by atoms with Crippen LogP contribution in [0.4, 0.5) is 4.39 Å². The predicted octanol–water partition coefficient (Wildman–Crippen LogP) is 4.46. The summed E-state index contributed by atoms with van der Waals surface area (Å²) in [6.45, 7) is 6.72. The van der Waals surface area contributed by atoms with E-state index in [9.17, 15) is 9.18 Å². The molecule has 0 radical (unpaired) electrons. The Morgan fingerprint density at radius 2 is 1.96 bits per heavy atom. The molecule has 1 amide bonds. The number of hydrogen-bond donors (Lipinski definition) is 1. The number of piperidine rings is 1. The average molecular weight is 402 g/mol. The van der Waals surface area contributed by atoms with Gasteiger partial charge in [-0.3, -0.25) is 4.79 Å². The number of aryl methyl sites for hydroxylation is 1. The molecule has 1 fully saturated rings. The van der Waals surface area contributed by atoms with Gasteiger partial charge in [-0.2, -0.15) is 4.39 Å². The quantitative estimate of drug-likeness (QED) is 0.696. The van der Waals surface area contributed by atoms with E-state index in [0.717, 1.165) is 44.8 Å². The first kappa shape index (κ1) is 20.3. The third kappa shape index (κ3) is 5.80. The van der Waals surface area contributed by atoms with Crippen molar-refractivity contribution in [2.24, 2.45) is 5.92 Å². The first-order valence-electron chi connectivity index (χ1n) is 9.59. The van der Waals surface area contributed by atoms with Crippen LogP contribution in [0.2, 0.25) is 5.15 Å². The Hall–Kier alpha value is -2.40. The van der Waals surface area contributed by atoms with Crippen molar-refractivity contribution in [2.75, 3.05) is 19.6 Å². The summed E-state index contributed by atoms with van der Waals surface area (Å²) >= 11 is 5.71. The second-order valence-electron chi connectivity index (χ2n) is 7.19. The summed E-state index contributed by atoms with van der Waals surface area (Å²) in [7, 11) is 0. The van der Waals surface area contributed by atoms with Crippen molar-refractivity contribution in [1.29, 1.82) is 0 Å². The second kappa shape index (κ2) is 9.69. The van der Waals surface area contributed by atoms with Crippen LogP contribution in [0.15, 0.2) is 54.7 Å². The van der Waals surface area contributed by atoms with E-state index in [0.29, 0.717) is 12.5 Å². The Balaban J connectivity index is 1.40. The fourth-order valence-corrected chi connectivity index (χ4v) is 3.68. The van der Waals surface area contributed by atoms with Gasteiger partial charge in [0.25, 0.3) is 5.91 Å². The van der Waals surface area contributed by atoms with Gasteiger partial charge in [0.1, 0.15) is 5.15 Å². The van der Waals surface area contributed by atoms with Crippen LogP contribution in [-0.4, -0.2) is 35.4 Å². The lowest BCUT2D eigenvalue weighted by molar-refractivity contribution is 0.0938. The number of halogens is 2. The highest BCUT2D eigenvalue weighted by Gasteiger charge is 2.21. The van der Waals surface area contributed by atoms with Crippen molar-refractivity contribution in [3.8, 4) is 0 Å². The molecule has 28 heavy (non-hydrogen) atoms. The minimum Gasteiger partial charge on any atom is -0.375 e. The number of rotatable bonds is 7. The number of benzene rings is 1. The van der Waals surface area contributed by atoms with Crippen LogP contribution in [-0.2, 0) is 6.42 Å². The fourth-order valence-electron chi connectivity index (χ4n) is 3.48. The van der Waals surface area contributed by atoms with Gasteiger partial charge >= 0.3 is 0 Å². The fraction of sp³-hybridized carbons (Fsp3) is 0.364. The van der Waals surface area contributed by atoms with Gasteiger partial charge in [-0.25, -0.2) is 4.98 Å². The third-order valence-corrected chi connectivity index (χ3v) is 5.38. The molecule has 6 heteroatoms. The lowest BCUT2D eigenvalue weighted by Gasteiger charge is -2.35. The Morgan fingerprint density at radius 1 is 1.25 bits per heavy atom. The highest BCUT2D eigenvalue weighted by Crippen LogP contribution is 2.22. The number of aromatic nitrogens is 1. The molecule has 1 aromatic carbocycles. The van der Waals surface area contributed by atoms with Crippen LogP contribution < -0.4 is 5.32 Å². The van der Waals surface area contributed by atoms with Gasteiger partial charge in [0.05, 0.1) is 0 Å². The van der Waals surface area contributed by atoms with Gasteiger partial charge in [0.2, 0.25) is 5.95 Å². The van der Waals surface area contributed by atoms with Crippen molar-refractivity contribution in [3.05, 3.63) is 77.0 Å². The van der Waals surface area contributed by atoms with E-state index in [-0.39, 0.29) is 16.6 Å². The number of allylic oxidation sites excluding steroid dienone is 1. The van der Waals surface area contributed by atoms with Crippen molar-refractivity contribution < 1.29 is 9.18 Å². The maximum atomic E-state index is 13.3. The Kier molecular flexibility index (Phi) is 7.04. The summed E-state index contributed by atoms with van der Waals surface area (Å²) in [5.74, 6) is -0.665. The standard InChI is InChI=1S/C22H25ClFN3O/c1-16(7-8-17-5-3-2-4-6-17)27-11-9-18(10-12-27)15-25-22(28)19-13-20(23)26-21(24)14-19/h2-6,13-14,18H,1,7-12,15H2,(H,25,28). The third-order valence-electron chi connectivity index (χ3n) is 5.18. The van der Waals surface area contributed by atoms with Gasteiger partial charge in [-0.15, -0.1) is 0 Å². The molecular formula is C22H25ClFN3O. The summed E-state index contributed by atoms with van der Waals surface area (Å²) in [5.41, 5.74) is 2.70. The average Bonchev–Trinajstić information content (AvgIpc) is 2.70. The number of nitrogens with one attached hydrogen (secondary N) is 1. The van der Waals surface area contributed by atoms with Gasteiger partial charge < -0.3 is 10.2 Å². The molecule has 0 atom stereocenters. The van der Waals surface area contributed by atoms with E-state index in [1.54, 1.807) is 0 Å². The number of amides is 1. The molecule has 0 spiro atoms. The number of carbonyl (C=O) groups excluding carboxylic acids is 1. The molecule has 2 aromatic rings. The molecule has 3 rings (SSSR count). The van der Waals surface area contributed by atoms with Crippen LogP contribution in [0, 0.1) is 11.9 Å². The molecule has 0 saturated carbocycles. The van der Waals surface area contributed by atoms with Crippen LogP contribution in [0.5, 0.6) is 0 Å². The van der Waals surface area contributed by atoms with Gasteiger partial charge in [0, 0.05) is 37.0 Å². The molecule has 0 bridgehead atoms. The monoisotopic (exact) mass is 401 g/mol. The number of pyridine rings is 1. The van der Waals surface area contributed by atoms with Crippen molar-refractivity contribution in [1.82, 2.24) is 15.2 Å². The number of carbonyl (C=O) groups is 1. The highest BCUT2D eigenvalue weighted by molar-refractivity contribution is 6.29. The second-order valence-corrected chi connectivity index (χ2v) is 7.58. The number of hydrogen-bond acceptors (Lipinski definition) is 3. The lowest BCUT2D eigenvalue weighted by atomic mass is 9.95. The molecule has 0 unspecified atom stereocenters. The number of likely N-dealkylation sites (tertiary alicyclic amines) is 1. The Morgan fingerprint density at radius 3 is 2.64 bits per heavy atom. The minimum absolute atomic E-state index is 0.0209. The molecular weight excluding hydrogens is 377 g/mol. The molecule has 1 N–H and O–H groups in total. The summed E-state index contributed by atoms with van der Waals surface area (Å²) in [6.07, 6.45) is 3.95. The van der Waals surface area contributed by atoms with Crippen molar-refractivity contribution in [2.45, 2.75) is 25.7 Å². The normalized spacial score (nSPS) is 14.7. The summed E-state index contributed by atoms with van der Waals surface area (Å²) in [4.78, 5) is 18.0. The molecule has 1 aromatic heterocycles. The molecule has 1 saturated heterocycles. The first-order chi connectivity index (χ1) is 13.5. The van der Waals surface area contributed by atoms with E-state index >= 15 is 0 Å². The molecule has 1 aliphatic rings. The SMILES string of the molecule is C=C(CCc1ccccc1)N1CCC(CNC(=O)c2cc(F)nc(Cl)c2)CC1. The van der Waals surface area contributed by atoms with Crippen LogP contribution in [0.1, 0.15) is 35.2 Å². The van der Waals surface area contributed by atoms with Gasteiger partial charge in [-0.1, -0.05) is 48.5 Å². The molecule has 148 valence electrons. The number of nitrogens with zero attached hydrogens (tertiary/aromatic N) is 2. The minimum atomic E-state index is -0.750. The van der Waals surface area contributed by atoms with Gasteiger partial charge in [0.15, 0.2) is 0 Å². The van der Waals surface area contributed by atoms with E-state index in [1.807, 2.05) is 6.07 Å². The topological polar surface area (TPSA) is 45.2 Å². The van der Waals surface area contributed by atoms with E-state index in [2.05, 4.69) is 46.0 Å². The van der Waals surface area contributed by atoms with Crippen LogP contribution in [0.3, 0.4) is 0 Å². The molecule has 4 nitrogen and oxygen atoms in total. The Labute approximate surface area is 170 Å². The molecule has 0 aliphatic carbocycles. The highest BCUT2D eigenvalue weighted by atomic mass is 35.5. The first-order valence-corrected chi connectivity index (χ1v) is 9.97. The van der Waals surface area contributed by atoms with Crippen molar-refractivity contribution >= 4 is 17.5 Å². The maximum absolute atomic E-state index is 13.3. The van der Waals surface area contributed by atoms with E-state index in [1.165, 1.54) is 17.3 Å². The van der Waals surface area contributed by atoms with Crippen molar-refractivity contribution in [3.63, 3.8) is 0 Å².